The minimum Gasteiger partial charge on any atom is -0.512 e. The number of ether oxygens (including phenoxy) is 1. The second-order valence-corrected chi connectivity index (χ2v) is 7.87. The number of hydrazine groups is 1. The summed E-state index contributed by atoms with van der Waals surface area (Å²) in [6.07, 6.45) is 8.74. The highest BCUT2D eigenvalue weighted by Crippen LogP contribution is 2.28. The number of aliphatic hydroxyl groups excluding tert-OH is 1. The maximum atomic E-state index is 13.3. The molecule has 0 fully saturated rings. The van der Waals surface area contributed by atoms with E-state index in [1.165, 1.54) is 5.01 Å². The molecule has 1 aliphatic heterocycles. The summed E-state index contributed by atoms with van der Waals surface area (Å²) in [4.78, 5) is 26.4. The van der Waals surface area contributed by atoms with E-state index >= 15 is 0 Å². The van der Waals surface area contributed by atoms with Gasteiger partial charge in [0.05, 0.1) is 17.9 Å². The molecule has 0 spiro atoms. The number of para-hydroxylation sites is 1. The van der Waals surface area contributed by atoms with Gasteiger partial charge in [0.25, 0.3) is 11.8 Å². The van der Waals surface area contributed by atoms with E-state index < -0.39 is 12.1 Å². The number of hydrogen-bond acceptors (Lipinski definition) is 5. The van der Waals surface area contributed by atoms with Gasteiger partial charge in [0.2, 0.25) is 0 Å². The van der Waals surface area contributed by atoms with Crippen molar-refractivity contribution < 1.29 is 19.4 Å². The molecule has 1 atom stereocenters. The van der Waals surface area contributed by atoms with E-state index in [1.807, 2.05) is 24.3 Å². The Morgan fingerprint density at radius 3 is 2.76 bits per heavy atom. The van der Waals surface area contributed by atoms with Gasteiger partial charge in [-0.2, -0.15) is 0 Å². The summed E-state index contributed by atoms with van der Waals surface area (Å²) in [7, 11) is 0. The lowest BCUT2D eigenvalue weighted by Gasteiger charge is -2.38. The standard InChI is InChI=1S/C26H27N3O4/c1-2-3-17-33-21-15-12-19(13-16-21)25(31)28-29-24(18-7-6-8-20(30)14-11-18)27-23-10-5-4-9-22(23)26(29)32/h4-7,9-16,24,27,30H,2-3,8,17H2,1H3,(H,28,31). The van der Waals surface area contributed by atoms with E-state index in [-0.39, 0.29) is 11.7 Å². The van der Waals surface area contributed by atoms with Gasteiger partial charge in [-0.3, -0.25) is 15.0 Å². The molecule has 2 amide bonds. The van der Waals surface area contributed by atoms with Crippen LogP contribution < -0.4 is 15.5 Å². The van der Waals surface area contributed by atoms with E-state index in [0.717, 1.165) is 18.4 Å². The smallest absolute Gasteiger partial charge is 0.276 e. The molecule has 4 rings (SSSR count). The Labute approximate surface area is 193 Å². The zero-order valence-corrected chi connectivity index (χ0v) is 18.5. The van der Waals surface area contributed by atoms with Crippen LogP contribution in [0.2, 0.25) is 0 Å². The van der Waals surface area contributed by atoms with Gasteiger partial charge in [-0.25, -0.2) is 5.01 Å². The molecule has 170 valence electrons. The number of anilines is 1. The largest absolute Gasteiger partial charge is 0.512 e. The fraction of sp³-hybridized carbons (Fsp3) is 0.231. The van der Waals surface area contributed by atoms with Crippen molar-refractivity contribution in [1.82, 2.24) is 10.4 Å². The average molecular weight is 446 g/mol. The first-order valence-corrected chi connectivity index (χ1v) is 11.1. The number of hydrogen-bond donors (Lipinski definition) is 3. The van der Waals surface area contributed by atoms with Crippen LogP contribution in [0, 0.1) is 0 Å². The molecule has 0 saturated carbocycles. The number of unbranched alkanes of at least 4 members (excludes halogenated alkanes) is 1. The third-order valence-corrected chi connectivity index (χ3v) is 5.45. The highest BCUT2D eigenvalue weighted by molar-refractivity contribution is 6.04. The number of fused-ring (bicyclic) bond motifs is 1. The van der Waals surface area contributed by atoms with E-state index in [1.54, 1.807) is 48.6 Å². The lowest BCUT2D eigenvalue weighted by Crippen LogP contribution is -2.57. The van der Waals surface area contributed by atoms with Crippen LogP contribution in [0.15, 0.2) is 84.2 Å². The average Bonchev–Trinajstić information content (AvgIpc) is 3.05. The van der Waals surface area contributed by atoms with Crippen LogP contribution in [0.1, 0.15) is 46.9 Å². The zero-order chi connectivity index (χ0) is 23.2. The van der Waals surface area contributed by atoms with Crippen LogP contribution >= 0.6 is 0 Å². The molecule has 0 radical (unpaired) electrons. The normalized spacial score (nSPS) is 17.3. The second kappa shape index (κ2) is 10.1. The maximum Gasteiger partial charge on any atom is 0.276 e. The highest BCUT2D eigenvalue weighted by atomic mass is 16.5. The van der Waals surface area contributed by atoms with Gasteiger partial charge in [0.1, 0.15) is 11.9 Å². The number of amides is 2. The van der Waals surface area contributed by atoms with Crippen molar-refractivity contribution in [2.45, 2.75) is 32.4 Å². The summed E-state index contributed by atoms with van der Waals surface area (Å²) in [5.74, 6) is 0.184. The fourth-order valence-electron chi connectivity index (χ4n) is 3.63. The Bertz CT molecular complexity index is 1120. The summed E-state index contributed by atoms with van der Waals surface area (Å²) in [6.45, 7) is 2.73. The van der Waals surface area contributed by atoms with Gasteiger partial charge in [-0.1, -0.05) is 43.7 Å². The fourth-order valence-corrected chi connectivity index (χ4v) is 3.63. The minimum atomic E-state index is -0.647. The lowest BCUT2D eigenvalue weighted by atomic mass is 10.0. The van der Waals surface area contributed by atoms with Gasteiger partial charge >= 0.3 is 0 Å². The van der Waals surface area contributed by atoms with Crippen molar-refractivity contribution in [2.75, 3.05) is 11.9 Å². The number of rotatable bonds is 7. The van der Waals surface area contributed by atoms with Gasteiger partial charge in [-0.15, -0.1) is 0 Å². The molecule has 1 heterocycles. The first-order chi connectivity index (χ1) is 16.1. The molecule has 2 aliphatic rings. The Kier molecular flexibility index (Phi) is 6.78. The molecule has 0 aromatic heterocycles. The Balaban J connectivity index is 1.58. The molecule has 1 unspecified atom stereocenters. The highest BCUT2D eigenvalue weighted by Gasteiger charge is 2.35. The third-order valence-electron chi connectivity index (χ3n) is 5.45. The Hall–Kier alpha value is -4.00. The van der Waals surface area contributed by atoms with Crippen molar-refractivity contribution in [3.63, 3.8) is 0 Å². The summed E-state index contributed by atoms with van der Waals surface area (Å²) >= 11 is 0. The van der Waals surface area contributed by atoms with Crippen LogP contribution in [0.4, 0.5) is 5.69 Å². The van der Waals surface area contributed by atoms with Crippen molar-refractivity contribution in [3.05, 3.63) is 95.3 Å². The van der Waals surface area contributed by atoms with Crippen molar-refractivity contribution in [2.24, 2.45) is 0 Å². The summed E-state index contributed by atoms with van der Waals surface area (Å²) < 4.78 is 5.66. The SMILES string of the molecule is CCCCOc1ccc(C(=O)NN2C(=O)c3ccccc3NC2C2=CC=C(O)CC=C2)cc1. The van der Waals surface area contributed by atoms with Crippen LogP contribution in [0.3, 0.4) is 0 Å². The lowest BCUT2D eigenvalue weighted by molar-refractivity contribution is 0.0528. The first-order valence-electron chi connectivity index (χ1n) is 11.1. The summed E-state index contributed by atoms with van der Waals surface area (Å²) in [6, 6.07) is 14.0. The predicted molar refractivity (Wildman–Crippen MR) is 127 cm³/mol. The number of nitrogens with one attached hydrogen (secondary N) is 2. The van der Waals surface area contributed by atoms with Crippen molar-refractivity contribution >= 4 is 17.5 Å². The van der Waals surface area contributed by atoms with Gasteiger partial charge in [0, 0.05) is 17.7 Å². The molecule has 0 bridgehead atoms. The number of carbonyl (C=O) groups is 2. The van der Waals surface area contributed by atoms with Gasteiger partial charge in [0.15, 0.2) is 0 Å². The molecule has 2 aromatic carbocycles. The number of carbonyl (C=O) groups excluding carboxylic acids is 2. The number of nitrogens with zero attached hydrogens (tertiary/aromatic N) is 1. The topological polar surface area (TPSA) is 90.9 Å². The quantitative estimate of drug-likeness (QED) is 0.536. The van der Waals surface area contributed by atoms with Crippen LogP contribution in [0.5, 0.6) is 5.75 Å². The van der Waals surface area contributed by atoms with E-state index in [0.29, 0.717) is 35.6 Å². The van der Waals surface area contributed by atoms with Crippen molar-refractivity contribution in [3.8, 4) is 5.75 Å². The predicted octanol–water partition coefficient (Wildman–Crippen LogP) is 4.73. The number of allylic oxidation sites excluding steroid dienone is 3. The molecule has 33 heavy (non-hydrogen) atoms. The first kappa shape index (κ1) is 22.2. The van der Waals surface area contributed by atoms with Crippen LogP contribution in [-0.4, -0.2) is 34.7 Å². The van der Waals surface area contributed by atoms with E-state index in [2.05, 4.69) is 17.7 Å². The maximum absolute atomic E-state index is 13.3. The van der Waals surface area contributed by atoms with E-state index in [4.69, 9.17) is 4.74 Å². The van der Waals surface area contributed by atoms with Crippen LogP contribution in [-0.2, 0) is 0 Å². The number of benzene rings is 2. The van der Waals surface area contributed by atoms with Crippen molar-refractivity contribution in [1.29, 1.82) is 0 Å². The second-order valence-electron chi connectivity index (χ2n) is 7.87. The molecular formula is C26H27N3O4. The number of aliphatic hydroxyl groups is 1. The van der Waals surface area contributed by atoms with Crippen LogP contribution in [0.25, 0.3) is 0 Å². The van der Waals surface area contributed by atoms with Gasteiger partial charge in [-0.05, 0) is 54.5 Å². The van der Waals surface area contributed by atoms with E-state index in [9.17, 15) is 14.7 Å². The molecule has 7 nitrogen and oxygen atoms in total. The molecule has 3 N–H and O–H groups in total. The monoisotopic (exact) mass is 445 g/mol. The minimum absolute atomic E-state index is 0.223. The molecule has 1 aliphatic carbocycles. The Morgan fingerprint density at radius 2 is 1.97 bits per heavy atom. The Morgan fingerprint density at radius 1 is 1.18 bits per heavy atom. The molecule has 0 saturated heterocycles. The zero-order valence-electron chi connectivity index (χ0n) is 18.5. The third kappa shape index (κ3) is 5.09. The summed E-state index contributed by atoms with van der Waals surface area (Å²) in [5, 5.41) is 14.5. The molecule has 2 aromatic rings. The summed E-state index contributed by atoms with van der Waals surface area (Å²) in [5.41, 5.74) is 5.03. The van der Waals surface area contributed by atoms with Gasteiger partial charge < -0.3 is 15.2 Å². The molecular weight excluding hydrogens is 418 g/mol. The molecule has 7 heteroatoms.